The van der Waals surface area contributed by atoms with Gasteiger partial charge in [-0.05, 0) is 111 Å². The molecule has 2 rings (SSSR count). The standard InChI is InChI=1S/C49H85N3O12/c1-37(2)12-9-13-38(3)14-10-15-39(4)16-11-18-48(8)19-17-43-42(7)45(40(5)41(6)46(43)64-48)49(47(55)56,36-44(53)54)20-22-57-24-26-59-28-30-61-32-34-63-35-33-62-31-29-60-27-25-58-23-21-51-52-50/h37-39H,9-36H2,1-8H3,(H,53,54)(H,55,56)/t38-,39-,48-,49?/m1/s1. The summed E-state index contributed by atoms with van der Waals surface area (Å²) in [7, 11) is 0. The van der Waals surface area contributed by atoms with E-state index in [2.05, 4.69) is 44.6 Å². The highest BCUT2D eigenvalue weighted by atomic mass is 16.6. The molecule has 4 atom stereocenters. The lowest BCUT2D eigenvalue weighted by Crippen LogP contribution is -2.42. The summed E-state index contributed by atoms with van der Waals surface area (Å²) in [6.45, 7) is 22.9. The number of ether oxygens (including phenoxy) is 8. The smallest absolute Gasteiger partial charge is 0.314 e. The van der Waals surface area contributed by atoms with Gasteiger partial charge in [-0.2, -0.15) is 0 Å². The Bertz CT molecular complexity index is 1520. The summed E-state index contributed by atoms with van der Waals surface area (Å²) in [5.41, 5.74) is 10.2. The highest BCUT2D eigenvalue weighted by molar-refractivity contribution is 5.88. The number of hydrogen-bond donors (Lipinski definition) is 2. The average molecular weight is 908 g/mol. The minimum Gasteiger partial charge on any atom is -0.487 e. The Labute approximate surface area is 384 Å². The van der Waals surface area contributed by atoms with Gasteiger partial charge in [-0.1, -0.05) is 77.8 Å². The number of rotatable bonds is 40. The van der Waals surface area contributed by atoms with Crippen LogP contribution in [0.15, 0.2) is 5.11 Å². The maximum absolute atomic E-state index is 13.2. The Hall–Kier alpha value is -3.01. The van der Waals surface area contributed by atoms with Crippen LogP contribution < -0.4 is 4.74 Å². The number of carbonyl (C=O) groups is 2. The lowest BCUT2D eigenvalue weighted by molar-refractivity contribution is -0.151. The van der Waals surface area contributed by atoms with Gasteiger partial charge in [0.1, 0.15) is 16.8 Å². The summed E-state index contributed by atoms with van der Waals surface area (Å²) in [6.07, 6.45) is 12.1. The molecular formula is C49H85N3O12. The topological polar surface area (TPSA) is 197 Å². The van der Waals surface area contributed by atoms with Gasteiger partial charge in [0.15, 0.2) is 0 Å². The van der Waals surface area contributed by atoms with Crippen LogP contribution in [0, 0.1) is 38.5 Å². The fraction of sp³-hybridized carbons (Fsp3) is 0.837. The maximum atomic E-state index is 13.2. The zero-order chi connectivity index (χ0) is 47.2. The molecule has 0 aliphatic carbocycles. The summed E-state index contributed by atoms with van der Waals surface area (Å²) in [5, 5.41) is 24.2. The number of carboxylic acids is 2. The van der Waals surface area contributed by atoms with E-state index in [1.807, 2.05) is 20.8 Å². The molecule has 368 valence electrons. The monoisotopic (exact) mass is 908 g/mol. The molecule has 1 aliphatic heterocycles. The highest BCUT2D eigenvalue weighted by Crippen LogP contribution is 2.47. The lowest BCUT2D eigenvalue weighted by Gasteiger charge is -2.40. The molecule has 0 amide bonds. The van der Waals surface area contributed by atoms with Crippen LogP contribution in [-0.4, -0.2) is 127 Å². The van der Waals surface area contributed by atoms with Gasteiger partial charge in [0.2, 0.25) is 0 Å². The molecule has 0 aromatic heterocycles. The van der Waals surface area contributed by atoms with Crippen LogP contribution in [0.1, 0.15) is 139 Å². The first kappa shape index (κ1) is 57.1. The Morgan fingerprint density at radius 1 is 0.688 bits per heavy atom. The molecule has 1 unspecified atom stereocenters. The van der Waals surface area contributed by atoms with Crippen LogP contribution in [-0.2, 0) is 54.6 Å². The van der Waals surface area contributed by atoms with Crippen molar-refractivity contribution in [3.05, 3.63) is 38.3 Å². The second-order valence-electron chi connectivity index (χ2n) is 18.4. The molecule has 0 saturated carbocycles. The van der Waals surface area contributed by atoms with Crippen molar-refractivity contribution >= 4 is 11.9 Å². The van der Waals surface area contributed by atoms with Crippen molar-refractivity contribution in [1.82, 2.24) is 0 Å². The highest BCUT2D eigenvalue weighted by Gasteiger charge is 2.46. The molecule has 2 N–H and O–H groups in total. The van der Waals surface area contributed by atoms with Crippen LogP contribution in [0.25, 0.3) is 10.4 Å². The van der Waals surface area contributed by atoms with Crippen molar-refractivity contribution in [1.29, 1.82) is 0 Å². The largest absolute Gasteiger partial charge is 0.487 e. The normalized spacial score (nSPS) is 16.8. The zero-order valence-corrected chi connectivity index (χ0v) is 40.8. The van der Waals surface area contributed by atoms with E-state index in [0.29, 0.717) is 90.7 Å². The van der Waals surface area contributed by atoms with Gasteiger partial charge in [-0.3, -0.25) is 9.59 Å². The summed E-state index contributed by atoms with van der Waals surface area (Å²) in [6, 6.07) is 0. The Morgan fingerprint density at radius 3 is 1.59 bits per heavy atom. The van der Waals surface area contributed by atoms with E-state index in [1.54, 1.807) is 0 Å². The molecule has 0 radical (unpaired) electrons. The van der Waals surface area contributed by atoms with Gasteiger partial charge in [0.25, 0.3) is 0 Å². The van der Waals surface area contributed by atoms with E-state index in [-0.39, 0.29) is 31.8 Å². The number of hydrogen-bond acceptors (Lipinski definition) is 11. The maximum Gasteiger partial charge on any atom is 0.314 e. The van der Waals surface area contributed by atoms with Gasteiger partial charge in [0, 0.05) is 18.1 Å². The van der Waals surface area contributed by atoms with Crippen molar-refractivity contribution in [2.24, 2.45) is 22.9 Å². The van der Waals surface area contributed by atoms with Gasteiger partial charge >= 0.3 is 11.9 Å². The molecule has 15 heteroatoms. The number of azide groups is 1. The van der Waals surface area contributed by atoms with Gasteiger partial charge < -0.3 is 48.1 Å². The average Bonchev–Trinajstić information content (AvgIpc) is 3.23. The number of carboxylic acid groups (broad SMARTS) is 2. The van der Waals surface area contributed by atoms with Crippen molar-refractivity contribution < 1.29 is 57.7 Å². The predicted molar refractivity (Wildman–Crippen MR) is 249 cm³/mol. The van der Waals surface area contributed by atoms with Crippen molar-refractivity contribution in [2.45, 2.75) is 150 Å². The summed E-state index contributed by atoms with van der Waals surface area (Å²) >= 11 is 0. The zero-order valence-electron chi connectivity index (χ0n) is 40.8. The quantitative estimate of drug-likeness (QED) is 0.0274. The first-order chi connectivity index (χ1) is 30.7. The molecule has 1 aromatic carbocycles. The molecule has 0 fully saturated rings. The Kier molecular flexibility index (Phi) is 29.1. The third kappa shape index (κ3) is 22.0. The van der Waals surface area contributed by atoms with Crippen LogP contribution >= 0.6 is 0 Å². The second kappa shape index (κ2) is 32.6. The molecule has 1 heterocycles. The molecule has 0 saturated heterocycles. The van der Waals surface area contributed by atoms with E-state index in [1.165, 1.54) is 44.9 Å². The van der Waals surface area contributed by atoms with E-state index in [4.69, 9.17) is 43.4 Å². The third-order valence-electron chi connectivity index (χ3n) is 12.6. The Balaban J connectivity index is 1.76. The van der Waals surface area contributed by atoms with E-state index < -0.39 is 23.8 Å². The Morgan fingerprint density at radius 2 is 1.14 bits per heavy atom. The SMILES string of the molecule is Cc1c(C)c(C(CCOCCOCCOCCOCCOCCOCCOCCN=[N+]=[N-])(CC(=O)O)C(=O)O)c(C)c2c1O[C@](C)(CCC[C@H](C)CCC[C@H](C)CCCC(C)C)CC2. The van der Waals surface area contributed by atoms with Gasteiger partial charge in [0.05, 0.1) is 92.3 Å². The van der Waals surface area contributed by atoms with Gasteiger partial charge in [-0.25, -0.2) is 0 Å². The first-order valence-corrected chi connectivity index (χ1v) is 24.0. The van der Waals surface area contributed by atoms with Crippen molar-refractivity contribution in [2.75, 3.05) is 99.0 Å². The number of nitrogens with zero attached hydrogens (tertiary/aromatic N) is 3. The fourth-order valence-corrected chi connectivity index (χ4v) is 8.68. The first-order valence-electron chi connectivity index (χ1n) is 24.0. The molecule has 15 nitrogen and oxygen atoms in total. The van der Waals surface area contributed by atoms with E-state index in [0.717, 1.165) is 65.5 Å². The molecule has 0 bridgehead atoms. The minimum absolute atomic E-state index is 0.00193. The predicted octanol–water partition coefficient (Wildman–Crippen LogP) is 9.75. The van der Waals surface area contributed by atoms with Crippen molar-refractivity contribution in [3.63, 3.8) is 0 Å². The van der Waals surface area contributed by atoms with Crippen LogP contribution in [0.3, 0.4) is 0 Å². The van der Waals surface area contributed by atoms with E-state index in [9.17, 15) is 19.8 Å². The molecule has 0 spiro atoms. The number of aliphatic carboxylic acids is 2. The molecule has 64 heavy (non-hydrogen) atoms. The molecular weight excluding hydrogens is 823 g/mol. The third-order valence-corrected chi connectivity index (χ3v) is 12.6. The number of fused-ring (bicyclic) bond motifs is 1. The lowest BCUT2D eigenvalue weighted by atomic mass is 9.69. The number of benzene rings is 1. The van der Waals surface area contributed by atoms with Crippen molar-refractivity contribution in [3.8, 4) is 5.75 Å². The summed E-state index contributed by atoms with van der Waals surface area (Å²) in [5.74, 6) is 0.756. The van der Waals surface area contributed by atoms with Crippen LogP contribution in [0.5, 0.6) is 5.75 Å². The molecule has 1 aromatic rings. The summed E-state index contributed by atoms with van der Waals surface area (Å²) in [4.78, 5) is 28.2. The van der Waals surface area contributed by atoms with Crippen LogP contribution in [0.2, 0.25) is 0 Å². The minimum atomic E-state index is -1.67. The second-order valence-corrected chi connectivity index (χ2v) is 18.4. The molecule has 1 aliphatic rings. The van der Waals surface area contributed by atoms with E-state index >= 15 is 0 Å². The summed E-state index contributed by atoms with van der Waals surface area (Å²) < 4.78 is 45.5. The van der Waals surface area contributed by atoms with Gasteiger partial charge in [-0.15, -0.1) is 0 Å². The fourth-order valence-electron chi connectivity index (χ4n) is 8.68. The van der Waals surface area contributed by atoms with Crippen LogP contribution in [0.4, 0.5) is 0 Å².